The van der Waals surface area contributed by atoms with Crippen molar-refractivity contribution in [3.63, 3.8) is 0 Å². The lowest BCUT2D eigenvalue weighted by molar-refractivity contribution is 0.520. The molecule has 0 saturated carbocycles. The summed E-state index contributed by atoms with van der Waals surface area (Å²) < 4.78 is 36.1. The van der Waals surface area contributed by atoms with Gasteiger partial charge in [0.2, 0.25) is 0 Å². The summed E-state index contributed by atoms with van der Waals surface area (Å²) in [5, 5.41) is 2.21. The number of nitrogens with one attached hydrogen (secondary N) is 1. The van der Waals surface area contributed by atoms with Crippen LogP contribution in [-0.4, -0.2) is 13.0 Å². The van der Waals surface area contributed by atoms with Crippen LogP contribution < -0.4 is 5.32 Å². The molecule has 0 aliphatic carbocycles. The Morgan fingerprint density at radius 3 is 2.50 bits per heavy atom. The van der Waals surface area contributed by atoms with Crippen LogP contribution in [0, 0.1) is 0 Å². The summed E-state index contributed by atoms with van der Waals surface area (Å²) in [7, 11) is 0. The van der Waals surface area contributed by atoms with Gasteiger partial charge >= 0.3 is 0 Å². The van der Waals surface area contributed by atoms with Gasteiger partial charge in [-0.2, -0.15) is 0 Å². The third-order valence-electron chi connectivity index (χ3n) is 0.670. The molecule has 1 rings (SSSR count). The Bertz CT molecular complexity index is 141. The summed E-state index contributed by atoms with van der Waals surface area (Å²) in [6, 6.07) is 0. The van der Waals surface area contributed by atoms with E-state index in [-0.39, 0.29) is 12.8 Å². The van der Waals surface area contributed by atoms with Crippen molar-refractivity contribution in [2.75, 3.05) is 13.0 Å². The predicted octanol–water partition coefficient (Wildman–Crippen LogP) is 0.760. The molecule has 0 unspecified atom stereocenters. The molecular weight excluding hydrogens is 74.1 g/mol. The molecule has 0 radical (unpaired) electrons. The van der Waals surface area contributed by atoms with Crippen molar-refractivity contribution >= 4 is 0 Å². The monoisotopic (exact) mass is 90.1 g/mol. The molecule has 1 heteroatoms. The molecule has 0 aromatic carbocycles. The first-order valence-electron chi connectivity index (χ1n) is 4.60. The van der Waals surface area contributed by atoms with E-state index in [0.29, 0.717) is 0 Å². The van der Waals surface area contributed by atoms with E-state index < -0.39 is 19.4 Å². The zero-order chi connectivity index (χ0) is 8.70. The molecule has 1 heterocycles. The molecule has 1 aliphatic heterocycles. The number of hydrogen-bond acceptors (Lipinski definition) is 1. The van der Waals surface area contributed by atoms with Crippen LogP contribution in [0.15, 0.2) is 0 Å². The minimum absolute atomic E-state index is 0.0620. The molecule has 0 bridgehead atoms. The van der Waals surface area contributed by atoms with E-state index in [2.05, 4.69) is 5.32 Å². The van der Waals surface area contributed by atoms with Gasteiger partial charge in [-0.05, 0) is 25.8 Å². The van der Waals surface area contributed by atoms with E-state index in [9.17, 15) is 0 Å². The second-order valence-electron chi connectivity index (χ2n) is 1.18. The number of rotatable bonds is 0. The average Bonchev–Trinajstić information content (AvgIpc) is 1.49. The zero-order valence-corrected chi connectivity index (χ0v) is 3.49. The van der Waals surface area contributed by atoms with Crippen molar-refractivity contribution < 1.29 is 6.85 Å². The average molecular weight is 90.2 g/mol. The predicted molar refractivity (Wildman–Crippen MR) is 26.7 cm³/mol. The Morgan fingerprint density at radius 2 is 2.00 bits per heavy atom. The Balaban J connectivity index is 2.66. The Labute approximate surface area is 45.8 Å². The second-order valence-corrected chi connectivity index (χ2v) is 1.18. The van der Waals surface area contributed by atoms with Crippen LogP contribution >= 0.6 is 0 Å². The molecule has 0 aromatic heterocycles. The van der Waals surface area contributed by atoms with Crippen LogP contribution in [0.1, 0.15) is 26.1 Å². The summed E-state index contributed by atoms with van der Waals surface area (Å²) >= 11 is 0. The second kappa shape index (κ2) is 2.19. The molecular formula is C5H11N. The van der Waals surface area contributed by atoms with E-state index >= 15 is 0 Å². The number of piperidine rings is 1. The van der Waals surface area contributed by atoms with E-state index in [0.717, 1.165) is 0 Å². The first-order valence-corrected chi connectivity index (χ1v) is 2.02. The number of hydrogen-bond donors (Lipinski definition) is 1. The van der Waals surface area contributed by atoms with Gasteiger partial charge in [-0.25, -0.2) is 0 Å². The molecule has 0 aromatic rings. The summed E-state index contributed by atoms with van der Waals surface area (Å²) in [6.07, 6.45) is -0.514. The van der Waals surface area contributed by atoms with Crippen molar-refractivity contribution in [1.82, 2.24) is 5.32 Å². The van der Waals surface area contributed by atoms with Gasteiger partial charge in [0.25, 0.3) is 0 Å². The molecule has 1 N–H and O–H groups in total. The van der Waals surface area contributed by atoms with Gasteiger partial charge in [0.1, 0.15) is 0 Å². The fraction of sp³-hybridized carbons (Fsp3) is 1.00. The van der Waals surface area contributed by atoms with E-state index in [1.54, 1.807) is 0 Å². The van der Waals surface area contributed by atoms with E-state index in [1.807, 2.05) is 0 Å². The normalized spacial score (nSPS) is 56.3. The lowest BCUT2D eigenvalue weighted by Gasteiger charge is -2.08. The quantitative estimate of drug-likeness (QED) is 0.463. The van der Waals surface area contributed by atoms with Crippen molar-refractivity contribution in [1.29, 1.82) is 0 Å². The van der Waals surface area contributed by atoms with Gasteiger partial charge in [-0.1, -0.05) is 6.40 Å². The summed E-state index contributed by atoms with van der Waals surface area (Å²) in [6.45, 7) is -3.46. The molecule has 36 valence electrons. The van der Waals surface area contributed by atoms with Crippen LogP contribution in [-0.2, 0) is 0 Å². The first kappa shape index (κ1) is 1.22. The maximum absolute atomic E-state index is 7.26. The van der Waals surface area contributed by atoms with Gasteiger partial charge in [-0.15, -0.1) is 0 Å². The summed E-state index contributed by atoms with van der Waals surface area (Å²) in [4.78, 5) is 0. The standard InChI is InChI=1S/C5H11N/c1-2-4-6-5-3-1/h6H,1-5H2/i1D,4D2,5D2. The summed E-state index contributed by atoms with van der Waals surface area (Å²) in [5.74, 6) is 0. The molecule has 0 atom stereocenters. The maximum atomic E-state index is 7.26. The van der Waals surface area contributed by atoms with E-state index in [4.69, 9.17) is 6.85 Å². The zero-order valence-electron chi connectivity index (χ0n) is 8.49. The highest BCUT2D eigenvalue weighted by Gasteiger charge is 1.93. The highest BCUT2D eigenvalue weighted by molar-refractivity contribution is 4.55. The van der Waals surface area contributed by atoms with Crippen LogP contribution in [0.4, 0.5) is 0 Å². The Hall–Kier alpha value is -0.0400. The van der Waals surface area contributed by atoms with Gasteiger partial charge in [-0.3, -0.25) is 0 Å². The van der Waals surface area contributed by atoms with Crippen LogP contribution in [0.2, 0.25) is 0 Å². The highest BCUT2D eigenvalue weighted by atomic mass is 14.9. The Kier molecular flexibility index (Phi) is 0.445. The fourth-order valence-corrected chi connectivity index (χ4v) is 0.381. The van der Waals surface area contributed by atoms with Crippen molar-refractivity contribution in [3.05, 3.63) is 0 Å². The lowest BCUT2D eigenvalue weighted by atomic mass is 10.2. The fourth-order valence-electron chi connectivity index (χ4n) is 0.381. The minimum Gasteiger partial charge on any atom is -0.317 e. The first-order chi connectivity index (χ1) is 4.81. The highest BCUT2D eigenvalue weighted by Crippen LogP contribution is 1.96. The lowest BCUT2D eigenvalue weighted by Crippen LogP contribution is -2.21. The van der Waals surface area contributed by atoms with Crippen molar-refractivity contribution in [2.45, 2.75) is 19.2 Å². The van der Waals surface area contributed by atoms with Gasteiger partial charge in [0, 0.05) is 6.85 Å². The molecule has 6 heavy (non-hydrogen) atoms. The molecule has 1 aliphatic rings. The Morgan fingerprint density at radius 1 is 1.33 bits per heavy atom. The summed E-state index contributed by atoms with van der Waals surface area (Å²) in [5.41, 5.74) is 0. The SMILES string of the molecule is [2H]C1CC([2H])([2H])NC([2H])([2H])C1. The van der Waals surface area contributed by atoms with Crippen LogP contribution in [0.25, 0.3) is 0 Å². The third kappa shape index (κ3) is 0.977. The third-order valence-corrected chi connectivity index (χ3v) is 0.670. The topological polar surface area (TPSA) is 12.0 Å². The molecule has 0 amide bonds. The van der Waals surface area contributed by atoms with Gasteiger partial charge in [0.15, 0.2) is 0 Å². The largest absolute Gasteiger partial charge is 0.317 e. The molecule has 1 saturated heterocycles. The van der Waals surface area contributed by atoms with Gasteiger partial charge in [0.05, 0.1) is 0 Å². The molecule has 0 spiro atoms. The van der Waals surface area contributed by atoms with Gasteiger partial charge < -0.3 is 5.32 Å². The van der Waals surface area contributed by atoms with Crippen molar-refractivity contribution in [3.8, 4) is 0 Å². The maximum Gasteiger partial charge on any atom is 0.0428 e. The van der Waals surface area contributed by atoms with E-state index in [1.165, 1.54) is 0 Å². The molecule has 1 nitrogen and oxygen atoms in total. The van der Waals surface area contributed by atoms with Crippen LogP contribution in [0.3, 0.4) is 0 Å². The smallest absolute Gasteiger partial charge is 0.0428 e. The minimum atomic E-state index is -1.73. The van der Waals surface area contributed by atoms with Crippen LogP contribution in [0.5, 0.6) is 0 Å². The van der Waals surface area contributed by atoms with Crippen molar-refractivity contribution in [2.24, 2.45) is 0 Å². The molecule has 1 fully saturated rings.